The summed E-state index contributed by atoms with van der Waals surface area (Å²) in [5.41, 5.74) is 2.16. The first-order valence-corrected chi connectivity index (χ1v) is 4.31. The molecule has 1 N–H and O–H groups in total. The van der Waals surface area contributed by atoms with Crippen molar-refractivity contribution in [2.75, 3.05) is 0 Å². The molecule has 2 aromatic rings. The summed E-state index contributed by atoms with van der Waals surface area (Å²) in [6, 6.07) is 3.94. The van der Waals surface area contributed by atoms with Crippen LogP contribution < -0.4 is 0 Å². The van der Waals surface area contributed by atoms with Gasteiger partial charge in [-0.1, -0.05) is 18.5 Å². The minimum atomic E-state index is 0.651. The third kappa shape index (κ3) is 1.08. The summed E-state index contributed by atoms with van der Waals surface area (Å²) in [6.45, 7) is 2.12. The van der Waals surface area contributed by atoms with E-state index in [9.17, 15) is 0 Å². The van der Waals surface area contributed by atoms with Crippen molar-refractivity contribution in [3.05, 3.63) is 29.0 Å². The molecule has 0 fully saturated rings. The molecular formula is C9H9ClN2. The van der Waals surface area contributed by atoms with Crippen LogP contribution >= 0.6 is 11.6 Å². The number of fused-ring (bicyclic) bond motifs is 1. The number of hydrogen-bond donors (Lipinski definition) is 1. The first kappa shape index (κ1) is 7.62. The van der Waals surface area contributed by atoms with Crippen LogP contribution in [0.3, 0.4) is 0 Å². The molecule has 0 bridgehead atoms. The minimum Gasteiger partial charge on any atom is -0.330 e. The Kier molecular flexibility index (Phi) is 1.77. The molecule has 0 unspecified atom stereocenters. The lowest BCUT2D eigenvalue weighted by Gasteiger charge is -1.95. The van der Waals surface area contributed by atoms with Gasteiger partial charge in [-0.15, -0.1) is 0 Å². The topological polar surface area (TPSA) is 28.7 Å². The summed E-state index contributed by atoms with van der Waals surface area (Å²) in [4.78, 5) is 7.16. The molecule has 62 valence electrons. The molecule has 0 aliphatic heterocycles. The molecule has 3 heteroatoms. The molecule has 2 nitrogen and oxygen atoms in total. The highest BCUT2D eigenvalue weighted by Gasteiger charge is 2.02. The van der Waals surface area contributed by atoms with Gasteiger partial charge < -0.3 is 4.98 Å². The second-order valence-electron chi connectivity index (χ2n) is 2.70. The Labute approximate surface area is 75.6 Å². The Bertz CT molecular complexity index is 406. The molecule has 0 aliphatic carbocycles. The van der Waals surface area contributed by atoms with Crippen molar-refractivity contribution >= 4 is 22.6 Å². The van der Waals surface area contributed by atoms with Crippen LogP contribution in [0.25, 0.3) is 11.0 Å². The third-order valence-corrected chi connectivity index (χ3v) is 2.17. The molecule has 0 radical (unpaired) electrons. The first-order valence-electron chi connectivity index (χ1n) is 3.93. The van der Waals surface area contributed by atoms with Crippen molar-refractivity contribution in [2.24, 2.45) is 0 Å². The van der Waals surface area contributed by atoms with E-state index in [1.165, 1.54) is 5.56 Å². The van der Waals surface area contributed by atoms with Crippen LogP contribution in [0.2, 0.25) is 5.15 Å². The molecular weight excluding hydrogens is 172 g/mol. The standard InChI is InChI=1S/C9H9ClN2/c1-2-6-3-4-11-9-7(6)5-8(10)12-9/h3-5H,2H2,1H3,(H,11,12). The van der Waals surface area contributed by atoms with Gasteiger partial charge >= 0.3 is 0 Å². The number of pyridine rings is 1. The summed E-state index contributed by atoms with van der Waals surface area (Å²) in [7, 11) is 0. The monoisotopic (exact) mass is 180 g/mol. The van der Waals surface area contributed by atoms with E-state index in [1.807, 2.05) is 12.1 Å². The second kappa shape index (κ2) is 2.79. The highest BCUT2D eigenvalue weighted by molar-refractivity contribution is 6.30. The zero-order valence-electron chi connectivity index (χ0n) is 6.76. The zero-order valence-corrected chi connectivity index (χ0v) is 7.52. The Morgan fingerprint density at radius 1 is 1.58 bits per heavy atom. The van der Waals surface area contributed by atoms with Gasteiger partial charge in [-0.05, 0) is 24.1 Å². The SMILES string of the molecule is CCc1ccnc2[nH]c(Cl)cc12. The zero-order chi connectivity index (χ0) is 8.55. The van der Waals surface area contributed by atoms with Gasteiger partial charge in [0, 0.05) is 11.6 Å². The van der Waals surface area contributed by atoms with Gasteiger partial charge in [0.1, 0.15) is 10.8 Å². The smallest absolute Gasteiger partial charge is 0.138 e. The van der Waals surface area contributed by atoms with Gasteiger partial charge in [0.25, 0.3) is 0 Å². The normalized spacial score (nSPS) is 10.8. The number of H-pyrrole nitrogens is 1. The van der Waals surface area contributed by atoms with Crippen LogP contribution in [0.15, 0.2) is 18.3 Å². The van der Waals surface area contributed by atoms with Gasteiger partial charge in [-0.2, -0.15) is 0 Å². The fourth-order valence-electron chi connectivity index (χ4n) is 1.36. The van der Waals surface area contributed by atoms with Crippen molar-refractivity contribution in [2.45, 2.75) is 13.3 Å². The maximum absolute atomic E-state index is 5.82. The number of hydrogen-bond acceptors (Lipinski definition) is 1. The lowest BCUT2D eigenvalue weighted by atomic mass is 10.1. The van der Waals surface area contributed by atoms with E-state index in [0.29, 0.717) is 5.15 Å². The molecule has 0 aliphatic rings. The summed E-state index contributed by atoms with van der Waals surface area (Å²) in [6.07, 6.45) is 2.81. The predicted octanol–water partition coefficient (Wildman–Crippen LogP) is 2.78. The van der Waals surface area contributed by atoms with Gasteiger partial charge in [-0.3, -0.25) is 0 Å². The van der Waals surface area contributed by atoms with E-state index in [0.717, 1.165) is 17.5 Å². The largest absolute Gasteiger partial charge is 0.330 e. The maximum atomic E-state index is 5.82. The number of nitrogens with one attached hydrogen (secondary N) is 1. The van der Waals surface area contributed by atoms with E-state index in [1.54, 1.807) is 6.20 Å². The van der Waals surface area contributed by atoms with Gasteiger partial charge in [0.05, 0.1) is 0 Å². The van der Waals surface area contributed by atoms with Crippen LogP contribution in [0.4, 0.5) is 0 Å². The number of rotatable bonds is 1. The third-order valence-electron chi connectivity index (χ3n) is 1.97. The van der Waals surface area contributed by atoms with E-state index >= 15 is 0 Å². The van der Waals surface area contributed by atoms with Crippen molar-refractivity contribution in [3.63, 3.8) is 0 Å². The van der Waals surface area contributed by atoms with E-state index < -0.39 is 0 Å². The lowest BCUT2D eigenvalue weighted by molar-refractivity contribution is 1.15. The van der Waals surface area contributed by atoms with Crippen molar-refractivity contribution < 1.29 is 0 Å². The quantitative estimate of drug-likeness (QED) is 0.719. The van der Waals surface area contributed by atoms with Crippen molar-refractivity contribution in [1.82, 2.24) is 9.97 Å². The average molecular weight is 181 g/mol. The van der Waals surface area contributed by atoms with Crippen LogP contribution in [-0.4, -0.2) is 9.97 Å². The minimum absolute atomic E-state index is 0.651. The Morgan fingerprint density at radius 3 is 3.17 bits per heavy atom. The summed E-state index contributed by atoms with van der Waals surface area (Å²) in [5, 5.41) is 1.78. The van der Waals surface area contributed by atoms with Crippen molar-refractivity contribution in [3.8, 4) is 0 Å². The second-order valence-corrected chi connectivity index (χ2v) is 3.11. The molecule has 2 heterocycles. The van der Waals surface area contributed by atoms with Crippen LogP contribution in [0.1, 0.15) is 12.5 Å². The predicted molar refractivity (Wildman–Crippen MR) is 50.5 cm³/mol. The molecule has 0 spiro atoms. The molecule has 0 saturated carbocycles. The van der Waals surface area contributed by atoms with Crippen LogP contribution in [-0.2, 0) is 6.42 Å². The highest BCUT2D eigenvalue weighted by Crippen LogP contribution is 2.20. The van der Waals surface area contributed by atoms with Crippen molar-refractivity contribution in [1.29, 1.82) is 0 Å². The first-order chi connectivity index (χ1) is 5.81. The fourth-order valence-corrected chi connectivity index (χ4v) is 1.56. The molecule has 12 heavy (non-hydrogen) atoms. The molecule has 0 saturated heterocycles. The van der Waals surface area contributed by atoms with E-state index in [4.69, 9.17) is 11.6 Å². The van der Waals surface area contributed by atoms with Crippen LogP contribution in [0.5, 0.6) is 0 Å². The molecule has 0 atom stereocenters. The molecule has 2 rings (SSSR count). The van der Waals surface area contributed by atoms with E-state index in [-0.39, 0.29) is 0 Å². The Balaban J connectivity index is 2.78. The fraction of sp³-hybridized carbons (Fsp3) is 0.222. The average Bonchev–Trinajstić information content (AvgIpc) is 2.44. The number of aromatic amines is 1. The van der Waals surface area contributed by atoms with Crippen LogP contribution in [0, 0.1) is 0 Å². The molecule has 2 aromatic heterocycles. The van der Waals surface area contributed by atoms with Gasteiger partial charge in [0.2, 0.25) is 0 Å². The van der Waals surface area contributed by atoms with Gasteiger partial charge in [0.15, 0.2) is 0 Å². The molecule has 0 aromatic carbocycles. The lowest BCUT2D eigenvalue weighted by Crippen LogP contribution is -1.82. The number of aryl methyl sites for hydroxylation is 1. The van der Waals surface area contributed by atoms with Gasteiger partial charge in [-0.25, -0.2) is 4.98 Å². The maximum Gasteiger partial charge on any atom is 0.138 e. The number of aromatic nitrogens is 2. The number of halogens is 1. The Morgan fingerprint density at radius 2 is 2.42 bits per heavy atom. The summed E-state index contributed by atoms with van der Waals surface area (Å²) in [5.74, 6) is 0. The summed E-state index contributed by atoms with van der Waals surface area (Å²) >= 11 is 5.82. The van der Waals surface area contributed by atoms with E-state index in [2.05, 4.69) is 16.9 Å². The summed E-state index contributed by atoms with van der Waals surface area (Å²) < 4.78 is 0. The molecule has 0 amide bonds. The number of nitrogens with zero attached hydrogens (tertiary/aromatic N) is 1. The Hall–Kier alpha value is -1.02. The highest BCUT2D eigenvalue weighted by atomic mass is 35.5.